The van der Waals surface area contributed by atoms with Crippen LogP contribution < -0.4 is 9.64 Å². The molecule has 4 nitrogen and oxygen atoms in total. The van der Waals surface area contributed by atoms with E-state index >= 15 is 0 Å². The molecule has 1 aliphatic carbocycles. The van der Waals surface area contributed by atoms with Gasteiger partial charge in [-0.2, -0.15) is 0 Å². The van der Waals surface area contributed by atoms with Crippen LogP contribution in [0.4, 0.5) is 11.4 Å². The zero-order valence-electron chi connectivity index (χ0n) is 32.7. The normalized spacial score (nSPS) is 13.0. The third-order valence-corrected chi connectivity index (χ3v) is 12.8. The van der Waals surface area contributed by atoms with Crippen LogP contribution in [0.1, 0.15) is 0 Å². The fraction of sp³-hybridized carbons (Fsp3) is 0.0357. The number of benzene rings is 9. The molecule has 0 radical (unpaired) electrons. The summed E-state index contributed by atoms with van der Waals surface area (Å²) in [5.41, 5.74) is 18.7. The molecule has 60 heavy (non-hydrogen) atoms. The highest BCUT2D eigenvalue weighted by Crippen LogP contribution is 2.55. The fourth-order valence-corrected chi connectivity index (χ4v) is 10.3. The van der Waals surface area contributed by atoms with Crippen molar-refractivity contribution in [2.45, 2.75) is 0 Å². The summed E-state index contributed by atoms with van der Waals surface area (Å²) < 4.78 is 11.6. The predicted molar refractivity (Wildman–Crippen MR) is 249 cm³/mol. The molecule has 0 saturated carbocycles. The van der Waals surface area contributed by atoms with E-state index in [2.05, 4.69) is 214 Å². The van der Waals surface area contributed by atoms with E-state index in [1.165, 1.54) is 82.6 Å². The lowest BCUT2D eigenvalue weighted by molar-refractivity contribution is 0.314. The Kier molecular flexibility index (Phi) is 7.10. The van der Waals surface area contributed by atoms with Gasteiger partial charge >= 0.3 is 0 Å². The molecule has 0 unspecified atom stereocenters. The van der Waals surface area contributed by atoms with Crippen molar-refractivity contribution < 1.29 is 4.74 Å². The molecule has 3 heterocycles. The van der Waals surface area contributed by atoms with Crippen molar-refractivity contribution in [3.63, 3.8) is 0 Å². The number of hydrogen-bond acceptors (Lipinski definition) is 2. The van der Waals surface area contributed by atoms with Crippen LogP contribution in [0.3, 0.4) is 0 Å². The first-order valence-corrected chi connectivity index (χ1v) is 20.8. The zero-order valence-corrected chi connectivity index (χ0v) is 32.7. The first-order valence-electron chi connectivity index (χ1n) is 20.8. The summed E-state index contributed by atoms with van der Waals surface area (Å²) >= 11 is 0. The number of rotatable bonds is 3. The van der Waals surface area contributed by atoms with E-state index in [9.17, 15) is 0 Å². The molecular formula is C56H37N3O. The van der Waals surface area contributed by atoms with E-state index in [1.807, 2.05) is 0 Å². The van der Waals surface area contributed by atoms with E-state index in [1.54, 1.807) is 0 Å². The molecule has 1 aliphatic heterocycles. The standard InChI is InChI=1S/C56H37N3O/c1-2-16-36(17-3-1)57-32-33-60-54-35-46-38-19-5-4-18-37(38)43-24-14-30-51(58-47-26-10-6-20-39(47)40-21-7-11-27-48(40)58)55(43)56-44(45(46)34-53(54)57)25-15-31-52(56)59-49-28-12-8-22-41(49)42-23-9-13-29-50(42)59/h1-31,34-35H,32-33H2. The minimum atomic E-state index is 0.613. The molecule has 9 aromatic carbocycles. The summed E-state index contributed by atoms with van der Waals surface area (Å²) in [6.45, 7) is 1.38. The molecule has 0 bridgehead atoms. The monoisotopic (exact) mass is 767 g/mol. The maximum absolute atomic E-state index is 6.57. The van der Waals surface area contributed by atoms with Gasteiger partial charge in [0, 0.05) is 38.4 Å². The van der Waals surface area contributed by atoms with Crippen molar-refractivity contribution in [3.05, 3.63) is 200 Å². The number of hydrogen-bond donors (Lipinski definition) is 0. The topological polar surface area (TPSA) is 22.3 Å². The first kappa shape index (κ1) is 33.2. The van der Waals surface area contributed by atoms with Crippen LogP contribution >= 0.6 is 0 Å². The highest BCUT2D eigenvalue weighted by molar-refractivity contribution is 6.15. The molecule has 11 aromatic rings. The maximum atomic E-state index is 6.57. The van der Waals surface area contributed by atoms with Gasteiger partial charge in [0.05, 0.1) is 45.7 Å². The van der Waals surface area contributed by atoms with Crippen LogP contribution in [0, 0.1) is 0 Å². The molecular weight excluding hydrogens is 731 g/mol. The molecule has 2 aromatic heterocycles. The Morgan fingerprint density at radius 2 is 0.750 bits per heavy atom. The number of fused-ring (bicyclic) bond motifs is 15. The molecule has 13 rings (SSSR count). The van der Waals surface area contributed by atoms with Gasteiger partial charge in [0.15, 0.2) is 0 Å². The molecule has 0 amide bonds. The number of nitrogens with zero attached hydrogens (tertiary/aromatic N) is 3. The van der Waals surface area contributed by atoms with Gasteiger partial charge in [-0.3, -0.25) is 0 Å². The van der Waals surface area contributed by atoms with Crippen LogP contribution in [-0.2, 0) is 0 Å². The van der Waals surface area contributed by atoms with Gasteiger partial charge in [0.2, 0.25) is 0 Å². The lowest BCUT2D eigenvalue weighted by Gasteiger charge is -2.34. The van der Waals surface area contributed by atoms with Crippen molar-refractivity contribution in [2.24, 2.45) is 0 Å². The molecule has 2 aliphatic rings. The summed E-state index contributed by atoms with van der Waals surface area (Å²) in [4.78, 5) is 2.41. The molecule has 4 heteroatoms. The van der Waals surface area contributed by atoms with E-state index in [0.29, 0.717) is 6.61 Å². The molecule has 0 atom stereocenters. The smallest absolute Gasteiger partial charge is 0.143 e. The Morgan fingerprint density at radius 3 is 1.28 bits per heavy atom. The van der Waals surface area contributed by atoms with Gasteiger partial charge in [-0.15, -0.1) is 0 Å². The maximum Gasteiger partial charge on any atom is 0.143 e. The second-order valence-electron chi connectivity index (χ2n) is 15.9. The second-order valence-corrected chi connectivity index (χ2v) is 15.9. The summed E-state index contributed by atoms with van der Waals surface area (Å²) in [7, 11) is 0. The summed E-state index contributed by atoms with van der Waals surface area (Å²) in [6.07, 6.45) is 0. The van der Waals surface area contributed by atoms with Crippen molar-refractivity contribution in [1.29, 1.82) is 0 Å². The molecule has 0 spiro atoms. The van der Waals surface area contributed by atoms with Crippen molar-refractivity contribution in [1.82, 2.24) is 9.13 Å². The van der Waals surface area contributed by atoms with Crippen LogP contribution in [0.2, 0.25) is 0 Å². The molecule has 0 fully saturated rings. The van der Waals surface area contributed by atoms with Crippen molar-refractivity contribution in [2.75, 3.05) is 18.1 Å². The number of aromatic nitrogens is 2. The van der Waals surface area contributed by atoms with Gasteiger partial charge in [0.1, 0.15) is 12.4 Å². The van der Waals surface area contributed by atoms with E-state index < -0.39 is 0 Å². The fourth-order valence-electron chi connectivity index (χ4n) is 10.3. The highest BCUT2D eigenvalue weighted by Gasteiger charge is 2.31. The minimum absolute atomic E-state index is 0.613. The Morgan fingerprint density at radius 1 is 0.333 bits per heavy atom. The number of ether oxygens (including phenoxy) is 1. The molecule has 282 valence electrons. The number of anilines is 2. The van der Waals surface area contributed by atoms with Crippen molar-refractivity contribution in [3.8, 4) is 61.6 Å². The van der Waals surface area contributed by atoms with E-state index in [0.717, 1.165) is 40.6 Å². The Hall–Kier alpha value is -7.82. The Labute approximate surface area is 347 Å². The van der Waals surface area contributed by atoms with Gasteiger partial charge in [-0.1, -0.05) is 140 Å². The SMILES string of the molecule is c1ccc(N2CCOc3cc4c(cc32)-c2cccc(-n3c5ccccc5c5ccccc53)c2-c2c(cccc2-n2c3ccccc3c3ccccc32)-c2ccccc2-4)cc1. The average Bonchev–Trinajstić information content (AvgIpc) is 3.83. The van der Waals surface area contributed by atoms with E-state index in [-0.39, 0.29) is 0 Å². The predicted octanol–water partition coefficient (Wildman–Crippen LogP) is 14.4. The highest BCUT2D eigenvalue weighted by atomic mass is 16.5. The minimum Gasteiger partial charge on any atom is -0.490 e. The lowest BCUT2D eigenvalue weighted by Crippen LogP contribution is -2.28. The van der Waals surface area contributed by atoms with Crippen molar-refractivity contribution >= 4 is 55.0 Å². The average molecular weight is 768 g/mol. The van der Waals surface area contributed by atoms with Crippen LogP contribution in [0.25, 0.3) is 99.5 Å². The van der Waals surface area contributed by atoms with Crippen LogP contribution in [-0.4, -0.2) is 22.3 Å². The first-order chi connectivity index (χ1) is 29.8. The Bertz CT molecular complexity index is 3430. The van der Waals surface area contributed by atoms with Gasteiger partial charge in [0.25, 0.3) is 0 Å². The van der Waals surface area contributed by atoms with E-state index in [4.69, 9.17) is 4.74 Å². The lowest BCUT2D eigenvalue weighted by atomic mass is 9.79. The van der Waals surface area contributed by atoms with Gasteiger partial charge in [-0.25, -0.2) is 0 Å². The summed E-state index contributed by atoms with van der Waals surface area (Å²) in [6, 6.07) is 73.6. The summed E-state index contributed by atoms with van der Waals surface area (Å²) in [5, 5.41) is 4.96. The second kappa shape index (κ2) is 12.8. The quantitative estimate of drug-likeness (QED) is 0.179. The van der Waals surface area contributed by atoms with Crippen LogP contribution in [0.15, 0.2) is 200 Å². The third-order valence-electron chi connectivity index (χ3n) is 12.8. The van der Waals surface area contributed by atoms with Crippen LogP contribution in [0.5, 0.6) is 5.75 Å². The third kappa shape index (κ3) is 4.67. The van der Waals surface area contributed by atoms with Gasteiger partial charge < -0.3 is 18.8 Å². The largest absolute Gasteiger partial charge is 0.490 e. The number of para-hydroxylation sites is 5. The Balaban J connectivity index is 1.23. The van der Waals surface area contributed by atoms with Gasteiger partial charge in [-0.05, 0) is 94.0 Å². The molecule has 0 N–H and O–H groups in total. The summed E-state index contributed by atoms with van der Waals surface area (Å²) in [5.74, 6) is 0.901. The molecule has 0 saturated heterocycles. The zero-order chi connectivity index (χ0) is 39.3.